The molecule has 0 heterocycles. The van der Waals surface area contributed by atoms with E-state index in [1.54, 1.807) is 25.6 Å². The molecule has 0 aromatic rings. The minimum Gasteiger partial charge on any atom is -0.481 e. The molecule has 0 aliphatic heterocycles. The Balaban J connectivity index is 4.06. The maximum Gasteiger partial charge on any atom is 0.311 e. The highest BCUT2D eigenvalue weighted by Gasteiger charge is 2.34. The third kappa shape index (κ3) is 3.03. The van der Waals surface area contributed by atoms with Crippen molar-refractivity contribution in [3.8, 4) is 0 Å². The number of aliphatic hydroxyl groups excluding tert-OH is 1. The van der Waals surface area contributed by atoms with Crippen LogP contribution in [0.4, 0.5) is 0 Å². The van der Waals surface area contributed by atoms with E-state index in [9.17, 15) is 9.90 Å². The van der Waals surface area contributed by atoms with Gasteiger partial charge in [0.25, 0.3) is 0 Å². The molecule has 1 atom stereocenters. The lowest BCUT2D eigenvalue weighted by molar-refractivity contribution is -0.153. The Hall–Kier alpha value is -0.220. The van der Waals surface area contributed by atoms with Gasteiger partial charge in [-0.3, -0.25) is 4.79 Å². The molecule has 0 saturated heterocycles. The maximum atomic E-state index is 10.7. The van der Waals surface area contributed by atoms with Gasteiger partial charge in [0.2, 0.25) is 0 Å². The van der Waals surface area contributed by atoms with Crippen molar-refractivity contribution in [1.29, 1.82) is 0 Å². The lowest BCUT2D eigenvalue weighted by atomic mass is 9.85. The fourth-order valence-corrected chi connectivity index (χ4v) is 1.19. The number of carbonyl (C=O) groups is 1. The largest absolute Gasteiger partial charge is 0.481 e. The summed E-state index contributed by atoms with van der Waals surface area (Å²) >= 11 is 1.60. The van der Waals surface area contributed by atoms with Crippen LogP contribution in [0.25, 0.3) is 0 Å². The predicted octanol–water partition coefficient (Wildman–Crippen LogP) is 1.21. The van der Waals surface area contributed by atoms with Crippen LogP contribution in [0.5, 0.6) is 0 Å². The lowest BCUT2D eigenvalue weighted by Gasteiger charge is -2.25. The average molecular weight is 192 g/mol. The molecule has 0 rings (SSSR count). The van der Waals surface area contributed by atoms with E-state index in [-0.39, 0.29) is 0 Å². The second-order valence-electron chi connectivity index (χ2n) is 3.32. The molecule has 0 aromatic carbocycles. The molecule has 0 aliphatic rings. The monoisotopic (exact) mass is 192 g/mol. The number of hydrogen-bond acceptors (Lipinski definition) is 3. The molecule has 0 radical (unpaired) electrons. The van der Waals surface area contributed by atoms with Crippen molar-refractivity contribution in [3.05, 3.63) is 0 Å². The first-order valence-electron chi connectivity index (χ1n) is 3.83. The first-order chi connectivity index (χ1) is 5.42. The van der Waals surface area contributed by atoms with E-state index in [0.29, 0.717) is 6.42 Å². The summed E-state index contributed by atoms with van der Waals surface area (Å²) in [5.74, 6) is -0.158. The Morgan fingerprint density at radius 2 is 2.08 bits per heavy atom. The van der Waals surface area contributed by atoms with Gasteiger partial charge in [-0.1, -0.05) is 0 Å². The van der Waals surface area contributed by atoms with Gasteiger partial charge in [0.1, 0.15) is 0 Å². The lowest BCUT2D eigenvalue weighted by Crippen LogP contribution is -2.37. The van der Waals surface area contributed by atoms with Crippen molar-refractivity contribution in [1.82, 2.24) is 0 Å². The Labute approximate surface area is 77.2 Å². The first kappa shape index (κ1) is 11.8. The number of carboxylic acid groups (broad SMARTS) is 1. The van der Waals surface area contributed by atoms with E-state index in [4.69, 9.17) is 5.11 Å². The molecule has 0 bridgehead atoms. The van der Waals surface area contributed by atoms with Crippen LogP contribution in [-0.4, -0.2) is 34.3 Å². The topological polar surface area (TPSA) is 57.5 Å². The van der Waals surface area contributed by atoms with E-state index in [1.165, 1.54) is 0 Å². The van der Waals surface area contributed by atoms with E-state index in [0.717, 1.165) is 5.75 Å². The van der Waals surface area contributed by atoms with E-state index in [1.807, 2.05) is 6.26 Å². The third-order valence-electron chi connectivity index (χ3n) is 1.98. The van der Waals surface area contributed by atoms with Gasteiger partial charge in [-0.05, 0) is 32.3 Å². The van der Waals surface area contributed by atoms with Gasteiger partial charge < -0.3 is 10.2 Å². The summed E-state index contributed by atoms with van der Waals surface area (Å²) in [7, 11) is 0. The molecular weight excluding hydrogens is 176 g/mol. The average Bonchev–Trinajstić information content (AvgIpc) is 1.99. The van der Waals surface area contributed by atoms with Gasteiger partial charge in [-0.25, -0.2) is 0 Å². The zero-order valence-electron chi connectivity index (χ0n) is 7.70. The Morgan fingerprint density at radius 3 is 2.42 bits per heavy atom. The number of carboxylic acids is 1. The quantitative estimate of drug-likeness (QED) is 0.687. The summed E-state index contributed by atoms with van der Waals surface area (Å²) in [5, 5.41) is 18.2. The molecule has 1 unspecified atom stereocenters. The van der Waals surface area contributed by atoms with Crippen LogP contribution in [0.3, 0.4) is 0 Å². The molecule has 0 spiro atoms. The Morgan fingerprint density at radius 1 is 1.58 bits per heavy atom. The fraction of sp³-hybridized carbons (Fsp3) is 0.875. The molecule has 0 aliphatic carbocycles. The normalized spacial score (nSPS) is 14.3. The number of aliphatic hydroxyl groups is 1. The highest BCUT2D eigenvalue weighted by molar-refractivity contribution is 7.98. The molecular formula is C8H16O3S. The van der Waals surface area contributed by atoms with Crippen molar-refractivity contribution in [2.75, 3.05) is 12.0 Å². The number of aliphatic carboxylic acids is 1. The number of rotatable bonds is 5. The summed E-state index contributed by atoms with van der Waals surface area (Å²) in [6.07, 6.45) is 1.70. The summed E-state index contributed by atoms with van der Waals surface area (Å²) in [4.78, 5) is 10.7. The summed E-state index contributed by atoms with van der Waals surface area (Å²) < 4.78 is 0. The van der Waals surface area contributed by atoms with Gasteiger partial charge in [-0.15, -0.1) is 0 Å². The third-order valence-corrected chi connectivity index (χ3v) is 2.62. The highest BCUT2D eigenvalue weighted by atomic mass is 32.2. The summed E-state index contributed by atoms with van der Waals surface area (Å²) in [5.41, 5.74) is -1.03. The van der Waals surface area contributed by atoms with Gasteiger partial charge in [-0.2, -0.15) is 11.8 Å². The smallest absolute Gasteiger partial charge is 0.311 e. The van der Waals surface area contributed by atoms with Crippen LogP contribution in [0.2, 0.25) is 0 Å². The molecule has 0 aromatic heterocycles. The van der Waals surface area contributed by atoms with Crippen LogP contribution in [0.1, 0.15) is 20.3 Å². The SMILES string of the molecule is CSCCC(O)C(C)(C)C(=O)O. The van der Waals surface area contributed by atoms with Crippen molar-refractivity contribution in [2.45, 2.75) is 26.4 Å². The molecule has 0 fully saturated rings. The predicted molar refractivity (Wildman–Crippen MR) is 50.4 cm³/mol. The zero-order valence-corrected chi connectivity index (χ0v) is 8.52. The first-order valence-corrected chi connectivity index (χ1v) is 5.22. The van der Waals surface area contributed by atoms with Crippen LogP contribution in [0, 0.1) is 5.41 Å². The summed E-state index contributed by atoms with van der Waals surface area (Å²) in [6, 6.07) is 0. The van der Waals surface area contributed by atoms with Crippen LogP contribution < -0.4 is 0 Å². The minimum atomic E-state index is -1.03. The van der Waals surface area contributed by atoms with E-state index < -0.39 is 17.5 Å². The number of thioether (sulfide) groups is 1. The fourth-order valence-electron chi connectivity index (χ4n) is 0.733. The van der Waals surface area contributed by atoms with Crippen molar-refractivity contribution in [2.24, 2.45) is 5.41 Å². The van der Waals surface area contributed by atoms with Crippen molar-refractivity contribution in [3.63, 3.8) is 0 Å². The van der Waals surface area contributed by atoms with Gasteiger partial charge in [0, 0.05) is 0 Å². The summed E-state index contributed by atoms with van der Waals surface area (Å²) in [6.45, 7) is 3.08. The van der Waals surface area contributed by atoms with Crippen LogP contribution in [-0.2, 0) is 4.79 Å². The molecule has 0 saturated carbocycles. The van der Waals surface area contributed by atoms with Gasteiger partial charge >= 0.3 is 5.97 Å². The molecule has 72 valence electrons. The van der Waals surface area contributed by atoms with E-state index >= 15 is 0 Å². The van der Waals surface area contributed by atoms with Crippen molar-refractivity contribution < 1.29 is 15.0 Å². The molecule has 2 N–H and O–H groups in total. The van der Waals surface area contributed by atoms with E-state index in [2.05, 4.69) is 0 Å². The Bertz CT molecular complexity index is 156. The van der Waals surface area contributed by atoms with Gasteiger partial charge in [0.15, 0.2) is 0 Å². The zero-order chi connectivity index (χ0) is 9.78. The van der Waals surface area contributed by atoms with Crippen LogP contribution in [0.15, 0.2) is 0 Å². The van der Waals surface area contributed by atoms with Gasteiger partial charge in [0.05, 0.1) is 11.5 Å². The second-order valence-corrected chi connectivity index (χ2v) is 4.31. The minimum absolute atomic E-state index is 0.528. The van der Waals surface area contributed by atoms with Crippen LogP contribution >= 0.6 is 11.8 Å². The maximum absolute atomic E-state index is 10.7. The molecule has 12 heavy (non-hydrogen) atoms. The Kier molecular flexibility index (Phi) is 4.63. The van der Waals surface area contributed by atoms with Crippen molar-refractivity contribution >= 4 is 17.7 Å². The standard InChI is InChI=1S/C8H16O3S/c1-8(2,7(10)11)6(9)4-5-12-3/h6,9H,4-5H2,1-3H3,(H,10,11). The molecule has 3 nitrogen and oxygen atoms in total. The highest BCUT2D eigenvalue weighted by Crippen LogP contribution is 2.23. The number of hydrogen-bond donors (Lipinski definition) is 2. The molecule has 0 amide bonds. The second kappa shape index (κ2) is 4.72. The molecule has 4 heteroatoms.